The molecular weight excluding hydrogens is 162 g/mol. The normalized spacial score (nSPS) is 13.3. The van der Waals surface area contributed by atoms with Crippen LogP contribution in [0.5, 0.6) is 0 Å². The summed E-state index contributed by atoms with van der Waals surface area (Å²) in [6.07, 6.45) is 0.720. The Hall–Kier alpha value is -0.650. The summed E-state index contributed by atoms with van der Waals surface area (Å²) in [4.78, 5) is 10.5. The van der Waals surface area contributed by atoms with Gasteiger partial charge in [0.1, 0.15) is 6.04 Å². The van der Waals surface area contributed by atoms with Crippen molar-refractivity contribution in [2.24, 2.45) is 0 Å². The van der Waals surface area contributed by atoms with Crippen LogP contribution in [0.15, 0.2) is 0 Å². The minimum Gasteiger partial charge on any atom is -0.480 e. The van der Waals surface area contributed by atoms with Gasteiger partial charge in [0.25, 0.3) is 0 Å². The van der Waals surface area contributed by atoms with Crippen molar-refractivity contribution in [3.05, 3.63) is 0 Å². The first kappa shape index (κ1) is 11.4. The summed E-state index contributed by atoms with van der Waals surface area (Å²) >= 11 is 0. The largest absolute Gasteiger partial charge is 0.480 e. The molecule has 0 unspecified atom stereocenters. The van der Waals surface area contributed by atoms with Gasteiger partial charge in [0, 0.05) is 13.2 Å². The summed E-state index contributed by atoms with van der Waals surface area (Å²) < 4.78 is 0. The van der Waals surface area contributed by atoms with E-state index >= 15 is 0 Å². The van der Waals surface area contributed by atoms with Crippen molar-refractivity contribution in [3.8, 4) is 0 Å². The van der Waals surface area contributed by atoms with E-state index in [1.165, 1.54) is 0 Å². The highest BCUT2D eigenvalue weighted by Crippen LogP contribution is 2.01. The monoisotopic (exact) mass is 177 g/mol. The molecule has 12 heavy (non-hydrogen) atoms. The first-order valence-electron chi connectivity index (χ1n) is 3.92. The minimum atomic E-state index is -1.11. The Morgan fingerprint density at radius 2 is 2.17 bits per heavy atom. The summed E-state index contributed by atoms with van der Waals surface area (Å²) in [7, 11) is 0. The molecule has 0 aromatic heterocycles. The van der Waals surface area contributed by atoms with Gasteiger partial charge in [-0.1, -0.05) is 6.92 Å². The highest BCUT2D eigenvalue weighted by molar-refractivity contribution is 5.73. The molecule has 0 aromatic carbocycles. The average Bonchev–Trinajstić information content (AvgIpc) is 1.99. The van der Waals surface area contributed by atoms with Gasteiger partial charge >= 0.3 is 5.97 Å². The van der Waals surface area contributed by atoms with Gasteiger partial charge in [-0.3, -0.25) is 4.79 Å². The number of hydrogen-bond acceptors (Lipinski definition) is 4. The summed E-state index contributed by atoms with van der Waals surface area (Å²) in [5.74, 6) is -1.11. The molecular formula is C7H15NO4. The fourth-order valence-electron chi connectivity index (χ4n) is 0.907. The van der Waals surface area contributed by atoms with E-state index < -0.39 is 12.0 Å². The fourth-order valence-corrected chi connectivity index (χ4v) is 0.907. The molecule has 5 heteroatoms. The molecule has 0 heterocycles. The van der Waals surface area contributed by atoms with Gasteiger partial charge in [-0.25, -0.2) is 0 Å². The highest BCUT2D eigenvalue weighted by atomic mass is 16.5. The molecule has 0 aromatic rings. The number of rotatable bonds is 6. The maximum absolute atomic E-state index is 10.5. The number of aliphatic carboxylic acids is 1. The Balaban J connectivity index is 3.99. The Morgan fingerprint density at radius 1 is 1.58 bits per heavy atom. The average molecular weight is 177 g/mol. The van der Waals surface area contributed by atoms with Crippen LogP contribution in [0.2, 0.25) is 0 Å². The van der Waals surface area contributed by atoms with Gasteiger partial charge in [-0.15, -0.1) is 0 Å². The van der Waals surface area contributed by atoms with E-state index in [2.05, 4.69) is 0 Å². The van der Waals surface area contributed by atoms with E-state index in [9.17, 15) is 4.79 Å². The SMILES string of the molecule is CCCN(O)[C@@H](CCO)C(=O)O. The number of aliphatic hydroxyl groups excluding tert-OH is 1. The summed E-state index contributed by atoms with van der Waals surface area (Å²) in [6.45, 7) is 1.90. The maximum atomic E-state index is 10.5. The molecule has 0 amide bonds. The predicted octanol–water partition coefficient (Wildman–Crippen LogP) is -0.0768. The van der Waals surface area contributed by atoms with E-state index in [1.807, 2.05) is 6.92 Å². The van der Waals surface area contributed by atoms with Crippen molar-refractivity contribution >= 4 is 5.97 Å². The molecule has 0 rings (SSSR count). The molecule has 5 nitrogen and oxygen atoms in total. The minimum absolute atomic E-state index is 0.0475. The molecule has 0 aliphatic heterocycles. The van der Waals surface area contributed by atoms with Crippen LogP contribution in [0.25, 0.3) is 0 Å². The number of carboxylic acid groups (broad SMARTS) is 1. The van der Waals surface area contributed by atoms with Crippen molar-refractivity contribution in [2.45, 2.75) is 25.8 Å². The van der Waals surface area contributed by atoms with Gasteiger partial charge < -0.3 is 15.4 Å². The topological polar surface area (TPSA) is 81.0 Å². The van der Waals surface area contributed by atoms with E-state index in [4.69, 9.17) is 15.4 Å². The zero-order valence-electron chi connectivity index (χ0n) is 7.10. The summed E-state index contributed by atoms with van der Waals surface area (Å²) in [6, 6.07) is -0.991. The maximum Gasteiger partial charge on any atom is 0.323 e. The zero-order valence-corrected chi connectivity index (χ0v) is 7.10. The third-order valence-electron chi connectivity index (χ3n) is 1.50. The lowest BCUT2D eigenvalue weighted by atomic mass is 10.2. The first-order valence-corrected chi connectivity index (χ1v) is 3.92. The van der Waals surface area contributed by atoms with Crippen LogP contribution in [-0.4, -0.2) is 45.6 Å². The molecule has 1 atom stereocenters. The van der Waals surface area contributed by atoms with Crippen LogP contribution < -0.4 is 0 Å². The third kappa shape index (κ3) is 3.66. The van der Waals surface area contributed by atoms with Crippen LogP contribution in [-0.2, 0) is 4.79 Å². The number of hydrogen-bond donors (Lipinski definition) is 3. The van der Waals surface area contributed by atoms with Crippen LogP contribution in [0.3, 0.4) is 0 Å². The van der Waals surface area contributed by atoms with Crippen molar-refractivity contribution in [3.63, 3.8) is 0 Å². The second kappa shape index (κ2) is 5.93. The number of nitrogens with zero attached hydrogens (tertiary/aromatic N) is 1. The second-order valence-electron chi connectivity index (χ2n) is 2.53. The van der Waals surface area contributed by atoms with Gasteiger partial charge in [0.2, 0.25) is 0 Å². The molecule has 72 valence electrons. The number of carbonyl (C=O) groups is 1. The Labute approximate surface area is 71.2 Å². The lowest BCUT2D eigenvalue weighted by Crippen LogP contribution is -2.40. The Morgan fingerprint density at radius 3 is 2.50 bits per heavy atom. The molecule has 0 aliphatic carbocycles. The zero-order chi connectivity index (χ0) is 9.56. The second-order valence-corrected chi connectivity index (χ2v) is 2.53. The number of hydroxylamine groups is 2. The van der Waals surface area contributed by atoms with E-state index in [1.54, 1.807) is 0 Å². The van der Waals surface area contributed by atoms with E-state index in [0.717, 1.165) is 5.06 Å². The molecule has 0 aliphatic rings. The van der Waals surface area contributed by atoms with Gasteiger partial charge in [-0.2, -0.15) is 5.06 Å². The third-order valence-corrected chi connectivity index (χ3v) is 1.50. The highest BCUT2D eigenvalue weighted by Gasteiger charge is 2.22. The first-order chi connectivity index (χ1) is 5.63. The fraction of sp³-hybridized carbons (Fsp3) is 0.857. The van der Waals surface area contributed by atoms with Crippen molar-refractivity contribution in [1.29, 1.82) is 0 Å². The van der Waals surface area contributed by atoms with E-state index in [0.29, 0.717) is 13.0 Å². The predicted molar refractivity (Wildman–Crippen MR) is 41.9 cm³/mol. The molecule has 0 spiro atoms. The Kier molecular flexibility index (Phi) is 5.61. The Bertz CT molecular complexity index is 139. The van der Waals surface area contributed by atoms with Crippen LogP contribution in [0.4, 0.5) is 0 Å². The number of carboxylic acids is 1. The van der Waals surface area contributed by atoms with Crippen LogP contribution in [0.1, 0.15) is 19.8 Å². The van der Waals surface area contributed by atoms with Crippen molar-refractivity contribution in [2.75, 3.05) is 13.2 Å². The summed E-state index contributed by atoms with van der Waals surface area (Å²) in [5.41, 5.74) is 0. The van der Waals surface area contributed by atoms with Crippen molar-refractivity contribution in [1.82, 2.24) is 5.06 Å². The molecule has 0 fully saturated rings. The van der Waals surface area contributed by atoms with E-state index in [-0.39, 0.29) is 13.0 Å². The molecule has 0 saturated heterocycles. The van der Waals surface area contributed by atoms with Gasteiger partial charge in [-0.05, 0) is 12.8 Å². The molecule has 0 radical (unpaired) electrons. The molecule has 0 saturated carbocycles. The number of aliphatic hydroxyl groups is 1. The lowest BCUT2D eigenvalue weighted by Gasteiger charge is -2.20. The standard InChI is InChI=1S/C7H15NO4/c1-2-4-8(12)6(3-5-9)7(10)11/h6,9,12H,2-5H2,1H3,(H,10,11)/t6-/m0/s1. The molecule has 3 N–H and O–H groups in total. The van der Waals surface area contributed by atoms with Crippen molar-refractivity contribution < 1.29 is 20.2 Å². The van der Waals surface area contributed by atoms with Gasteiger partial charge in [0.05, 0.1) is 0 Å². The summed E-state index contributed by atoms with van der Waals surface area (Å²) in [5, 5.41) is 27.0. The molecule has 0 bridgehead atoms. The van der Waals surface area contributed by atoms with Crippen LogP contribution in [0, 0.1) is 0 Å². The van der Waals surface area contributed by atoms with Crippen LogP contribution >= 0.6 is 0 Å². The lowest BCUT2D eigenvalue weighted by molar-refractivity contribution is -0.171. The quantitative estimate of drug-likeness (QED) is 0.494. The van der Waals surface area contributed by atoms with Gasteiger partial charge in [0.15, 0.2) is 0 Å². The smallest absolute Gasteiger partial charge is 0.323 e.